The first-order valence-corrected chi connectivity index (χ1v) is 5.50. The topological polar surface area (TPSA) is 42.2 Å². The van der Waals surface area contributed by atoms with E-state index in [0.717, 1.165) is 6.07 Å². The van der Waals surface area contributed by atoms with Crippen LogP contribution in [-0.4, -0.2) is 5.91 Å². The van der Waals surface area contributed by atoms with Crippen LogP contribution in [0.15, 0.2) is 47.1 Å². The first-order chi connectivity index (χ1) is 8.65. The minimum absolute atomic E-state index is 0.0773. The van der Waals surface area contributed by atoms with Crippen molar-refractivity contribution < 1.29 is 13.6 Å². The van der Waals surface area contributed by atoms with Gasteiger partial charge >= 0.3 is 0 Å². The maximum Gasteiger partial charge on any atom is 0.248 e. The number of halogens is 2. The van der Waals surface area contributed by atoms with Crippen molar-refractivity contribution in [3.8, 4) is 0 Å². The number of furan rings is 1. The van der Waals surface area contributed by atoms with E-state index in [0.29, 0.717) is 5.76 Å². The molecule has 0 aliphatic carbocycles. The van der Waals surface area contributed by atoms with E-state index >= 15 is 0 Å². The average Bonchev–Trinajstić information content (AvgIpc) is 2.83. The summed E-state index contributed by atoms with van der Waals surface area (Å²) in [6, 6.07) is 7.43. The molecule has 0 fully saturated rings. The van der Waals surface area contributed by atoms with Gasteiger partial charge in [0.05, 0.1) is 12.0 Å². The predicted molar refractivity (Wildman–Crippen MR) is 67.8 cm³/mol. The lowest BCUT2D eigenvalue weighted by molar-refractivity contribution is -0.111. The molecular weight excluding hydrogens is 257 g/mol. The van der Waals surface area contributed by atoms with Crippen molar-refractivity contribution in [1.29, 1.82) is 0 Å². The molecule has 18 heavy (non-hydrogen) atoms. The van der Waals surface area contributed by atoms with E-state index in [-0.39, 0.29) is 10.7 Å². The van der Waals surface area contributed by atoms with Crippen molar-refractivity contribution in [2.45, 2.75) is 0 Å². The summed E-state index contributed by atoms with van der Waals surface area (Å²) in [5.74, 6) is -0.489. The van der Waals surface area contributed by atoms with E-state index in [2.05, 4.69) is 5.32 Å². The second kappa shape index (κ2) is 5.51. The van der Waals surface area contributed by atoms with Crippen molar-refractivity contribution in [2.24, 2.45) is 0 Å². The van der Waals surface area contributed by atoms with E-state index < -0.39 is 11.7 Å². The maximum absolute atomic E-state index is 13.4. The molecule has 3 nitrogen and oxygen atoms in total. The van der Waals surface area contributed by atoms with Gasteiger partial charge in [-0.15, -0.1) is 0 Å². The number of carbonyl (C=O) groups is 1. The Labute approximate surface area is 108 Å². The monoisotopic (exact) mass is 265 g/mol. The highest BCUT2D eigenvalue weighted by atomic mass is 35.5. The van der Waals surface area contributed by atoms with Crippen molar-refractivity contribution >= 4 is 29.3 Å². The fourth-order valence-electron chi connectivity index (χ4n) is 1.31. The Balaban J connectivity index is 2.03. The molecule has 1 heterocycles. The zero-order valence-electron chi connectivity index (χ0n) is 9.19. The molecule has 1 aromatic carbocycles. The molecule has 5 heteroatoms. The Kier molecular flexibility index (Phi) is 3.79. The molecule has 1 amide bonds. The van der Waals surface area contributed by atoms with Gasteiger partial charge < -0.3 is 9.73 Å². The number of nitrogens with one attached hydrogen (secondary N) is 1. The molecule has 0 aliphatic heterocycles. The summed E-state index contributed by atoms with van der Waals surface area (Å²) in [5, 5.41) is 2.67. The first kappa shape index (κ1) is 12.4. The van der Waals surface area contributed by atoms with Gasteiger partial charge in [-0.3, -0.25) is 4.79 Å². The summed E-state index contributed by atoms with van der Waals surface area (Å²) >= 11 is 5.60. The van der Waals surface area contributed by atoms with Crippen LogP contribution in [0.1, 0.15) is 5.76 Å². The molecule has 0 bridgehead atoms. The van der Waals surface area contributed by atoms with Crippen LogP contribution >= 0.6 is 11.6 Å². The normalized spacial score (nSPS) is 10.8. The Morgan fingerprint density at radius 2 is 2.22 bits per heavy atom. The zero-order valence-corrected chi connectivity index (χ0v) is 9.95. The number of rotatable bonds is 3. The quantitative estimate of drug-likeness (QED) is 0.860. The van der Waals surface area contributed by atoms with E-state index in [1.807, 2.05) is 0 Å². The average molecular weight is 266 g/mol. The highest BCUT2D eigenvalue weighted by Gasteiger charge is 2.05. The van der Waals surface area contributed by atoms with Crippen LogP contribution in [0.25, 0.3) is 6.08 Å². The fraction of sp³-hybridized carbons (Fsp3) is 0. The predicted octanol–water partition coefficient (Wildman–Crippen LogP) is 3.72. The molecule has 0 radical (unpaired) electrons. The standard InChI is InChI=1S/C13H9ClFNO2/c14-9-3-5-12(11(15)8-9)16-13(17)6-4-10-2-1-7-18-10/h1-8H,(H,16,17). The largest absolute Gasteiger partial charge is 0.465 e. The number of anilines is 1. The summed E-state index contributed by atoms with van der Waals surface area (Å²) in [7, 11) is 0. The van der Waals surface area contributed by atoms with Crippen molar-refractivity contribution in [2.75, 3.05) is 5.32 Å². The lowest BCUT2D eigenvalue weighted by Crippen LogP contribution is -2.09. The van der Waals surface area contributed by atoms with Gasteiger partial charge in [0.1, 0.15) is 11.6 Å². The van der Waals surface area contributed by atoms with Gasteiger partial charge in [0.15, 0.2) is 0 Å². The summed E-state index contributed by atoms with van der Waals surface area (Å²) in [6.07, 6.45) is 4.24. The second-order valence-corrected chi connectivity index (χ2v) is 3.90. The maximum atomic E-state index is 13.4. The number of hydrogen-bond acceptors (Lipinski definition) is 2. The van der Waals surface area contributed by atoms with E-state index in [4.69, 9.17) is 16.0 Å². The Bertz CT molecular complexity index is 579. The highest BCUT2D eigenvalue weighted by Crippen LogP contribution is 2.18. The van der Waals surface area contributed by atoms with Gasteiger partial charge in [0.25, 0.3) is 0 Å². The van der Waals surface area contributed by atoms with Crippen LogP contribution in [0.2, 0.25) is 5.02 Å². The molecule has 0 saturated carbocycles. The van der Waals surface area contributed by atoms with Crippen molar-refractivity contribution in [3.05, 3.63) is 59.3 Å². The Morgan fingerprint density at radius 3 is 2.89 bits per heavy atom. The van der Waals surface area contributed by atoms with Gasteiger partial charge in [0.2, 0.25) is 5.91 Å². The zero-order chi connectivity index (χ0) is 13.0. The molecule has 1 aromatic heterocycles. The third-order valence-corrected chi connectivity index (χ3v) is 2.37. The van der Waals surface area contributed by atoms with Crippen molar-refractivity contribution in [3.63, 3.8) is 0 Å². The minimum atomic E-state index is -0.581. The summed E-state index contributed by atoms with van der Waals surface area (Å²) in [5.41, 5.74) is 0.0773. The molecule has 0 spiro atoms. The Hall–Kier alpha value is -2.07. The summed E-state index contributed by atoms with van der Waals surface area (Å²) in [6.45, 7) is 0. The highest BCUT2D eigenvalue weighted by molar-refractivity contribution is 6.30. The molecule has 0 atom stereocenters. The first-order valence-electron chi connectivity index (χ1n) is 5.13. The van der Waals surface area contributed by atoms with Crippen LogP contribution in [0.5, 0.6) is 0 Å². The molecule has 1 N–H and O–H groups in total. The number of amides is 1. The van der Waals surface area contributed by atoms with Crippen molar-refractivity contribution in [1.82, 2.24) is 0 Å². The van der Waals surface area contributed by atoms with Gasteiger partial charge in [-0.05, 0) is 36.4 Å². The molecule has 92 valence electrons. The van der Waals surface area contributed by atoms with Gasteiger partial charge in [-0.25, -0.2) is 4.39 Å². The second-order valence-electron chi connectivity index (χ2n) is 3.46. The SMILES string of the molecule is O=C(C=Cc1ccco1)Nc1ccc(Cl)cc1F. The molecule has 2 rings (SSSR count). The Morgan fingerprint density at radius 1 is 1.39 bits per heavy atom. The summed E-state index contributed by atoms with van der Waals surface area (Å²) < 4.78 is 18.4. The van der Waals surface area contributed by atoms with E-state index in [1.54, 1.807) is 12.1 Å². The molecule has 0 saturated heterocycles. The van der Waals surface area contributed by atoms with E-state index in [9.17, 15) is 9.18 Å². The van der Waals surface area contributed by atoms with Gasteiger partial charge in [-0.2, -0.15) is 0 Å². The smallest absolute Gasteiger partial charge is 0.248 e. The lowest BCUT2D eigenvalue weighted by atomic mass is 10.3. The van der Waals surface area contributed by atoms with Gasteiger partial charge in [-0.1, -0.05) is 11.6 Å². The third-order valence-electron chi connectivity index (χ3n) is 2.13. The van der Waals surface area contributed by atoms with Gasteiger partial charge in [0, 0.05) is 11.1 Å². The fourth-order valence-corrected chi connectivity index (χ4v) is 1.47. The van der Waals surface area contributed by atoms with Crippen LogP contribution in [0.3, 0.4) is 0 Å². The molecule has 0 unspecified atom stereocenters. The lowest BCUT2D eigenvalue weighted by Gasteiger charge is -2.03. The number of hydrogen-bond donors (Lipinski definition) is 1. The van der Waals surface area contributed by atoms with Crippen LogP contribution in [-0.2, 0) is 4.79 Å². The summed E-state index contributed by atoms with van der Waals surface area (Å²) in [4.78, 5) is 11.5. The molecular formula is C13H9ClFNO2. The number of carbonyl (C=O) groups excluding carboxylic acids is 1. The van der Waals surface area contributed by atoms with Crippen LogP contribution in [0, 0.1) is 5.82 Å². The van der Waals surface area contributed by atoms with Crippen LogP contribution in [0.4, 0.5) is 10.1 Å². The number of benzene rings is 1. The molecule has 2 aromatic rings. The van der Waals surface area contributed by atoms with Crippen LogP contribution < -0.4 is 5.32 Å². The molecule has 0 aliphatic rings. The minimum Gasteiger partial charge on any atom is -0.465 e. The van der Waals surface area contributed by atoms with E-state index in [1.165, 1.54) is 30.5 Å². The third kappa shape index (κ3) is 3.21.